The molecule has 0 spiro atoms. The molecule has 0 saturated heterocycles. The van der Waals surface area contributed by atoms with Gasteiger partial charge in [0.25, 0.3) is 5.91 Å². The molecular weight excluding hydrogens is 367 g/mol. The van der Waals surface area contributed by atoms with Crippen LogP contribution in [0.5, 0.6) is 5.75 Å². The summed E-state index contributed by atoms with van der Waals surface area (Å²) in [5.74, 6) is -2.50. The molecule has 0 atom stereocenters. The predicted octanol–water partition coefficient (Wildman–Crippen LogP) is 3.53. The van der Waals surface area contributed by atoms with Crippen molar-refractivity contribution in [2.24, 2.45) is 0 Å². The van der Waals surface area contributed by atoms with Crippen LogP contribution in [0.15, 0.2) is 36.4 Å². The van der Waals surface area contributed by atoms with E-state index < -0.39 is 28.9 Å². The average molecular weight is 375 g/mol. The van der Waals surface area contributed by atoms with E-state index in [0.717, 1.165) is 6.07 Å². The van der Waals surface area contributed by atoms with Crippen molar-refractivity contribution < 1.29 is 18.7 Å². The topological polar surface area (TPSA) is 49.3 Å². The van der Waals surface area contributed by atoms with Crippen LogP contribution in [0, 0.1) is 15.2 Å². The first-order valence-electron chi connectivity index (χ1n) is 5.23. The summed E-state index contributed by atoms with van der Waals surface area (Å²) in [5.41, 5.74) is -0.0997. The van der Waals surface area contributed by atoms with Crippen LogP contribution in [-0.4, -0.2) is 11.0 Å². The molecule has 0 aliphatic carbocycles. The summed E-state index contributed by atoms with van der Waals surface area (Å²) < 4.78 is 26.9. The van der Waals surface area contributed by atoms with Gasteiger partial charge in [-0.25, -0.2) is 8.78 Å². The molecule has 0 aliphatic heterocycles. The van der Waals surface area contributed by atoms with Gasteiger partial charge in [0.05, 0.1) is 5.69 Å². The highest BCUT2D eigenvalue weighted by atomic mass is 127. The van der Waals surface area contributed by atoms with Crippen LogP contribution < -0.4 is 5.32 Å². The van der Waals surface area contributed by atoms with Crippen LogP contribution in [0.4, 0.5) is 14.5 Å². The van der Waals surface area contributed by atoms with Crippen molar-refractivity contribution >= 4 is 34.2 Å². The van der Waals surface area contributed by atoms with Crippen molar-refractivity contribution in [2.75, 3.05) is 5.32 Å². The Balaban J connectivity index is 2.31. The van der Waals surface area contributed by atoms with E-state index in [9.17, 15) is 18.7 Å². The first kappa shape index (κ1) is 13.7. The molecule has 0 saturated carbocycles. The molecule has 0 heterocycles. The number of rotatable bonds is 2. The van der Waals surface area contributed by atoms with Crippen LogP contribution in [-0.2, 0) is 0 Å². The molecule has 2 aromatic rings. The number of hydrogen-bond donors (Lipinski definition) is 2. The second-order valence-corrected chi connectivity index (χ2v) is 4.87. The van der Waals surface area contributed by atoms with E-state index in [1.54, 1.807) is 0 Å². The molecule has 98 valence electrons. The van der Waals surface area contributed by atoms with E-state index in [-0.39, 0.29) is 0 Å². The molecule has 1 amide bonds. The first-order valence-corrected chi connectivity index (χ1v) is 6.31. The highest BCUT2D eigenvalue weighted by molar-refractivity contribution is 14.1. The number of phenols is 1. The zero-order valence-electron chi connectivity index (χ0n) is 9.45. The zero-order valence-corrected chi connectivity index (χ0v) is 11.6. The van der Waals surface area contributed by atoms with Gasteiger partial charge in [0.2, 0.25) is 0 Å². The quantitative estimate of drug-likeness (QED) is 0.790. The SMILES string of the molecule is O=C(Nc1ccc(F)cc1I)c1c(O)cccc1F. The van der Waals surface area contributed by atoms with Gasteiger partial charge < -0.3 is 10.4 Å². The van der Waals surface area contributed by atoms with Crippen LogP contribution in [0.2, 0.25) is 0 Å². The molecular formula is C13H8F2INO2. The molecule has 3 nitrogen and oxygen atoms in total. The molecule has 2 rings (SSSR count). The standard InChI is InChI=1S/C13H8F2INO2/c14-7-4-5-10(9(16)6-7)17-13(19)12-8(15)2-1-3-11(12)18/h1-6,18H,(H,17,19). The Morgan fingerprint density at radius 2 is 1.95 bits per heavy atom. The van der Waals surface area contributed by atoms with Gasteiger partial charge in [-0.3, -0.25) is 4.79 Å². The lowest BCUT2D eigenvalue weighted by Crippen LogP contribution is -2.14. The molecule has 2 aromatic carbocycles. The molecule has 6 heteroatoms. The number of amides is 1. The third kappa shape index (κ3) is 3.01. The van der Waals surface area contributed by atoms with Crippen molar-refractivity contribution in [3.05, 3.63) is 57.2 Å². The number of halogens is 3. The average Bonchev–Trinajstić information content (AvgIpc) is 2.32. The van der Waals surface area contributed by atoms with E-state index in [0.29, 0.717) is 9.26 Å². The van der Waals surface area contributed by atoms with Crippen molar-refractivity contribution in [3.8, 4) is 5.75 Å². The smallest absolute Gasteiger partial charge is 0.262 e. The van der Waals surface area contributed by atoms with E-state index >= 15 is 0 Å². The monoisotopic (exact) mass is 375 g/mol. The molecule has 0 bridgehead atoms. The zero-order chi connectivity index (χ0) is 14.0. The molecule has 2 N–H and O–H groups in total. The maximum absolute atomic E-state index is 13.5. The number of hydrogen-bond acceptors (Lipinski definition) is 2. The minimum absolute atomic E-state index is 0.342. The van der Waals surface area contributed by atoms with Crippen molar-refractivity contribution in [3.63, 3.8) is 0 Å². The van der Waals surface area contributed by atoms with E-state index in [4.69, 9.17) is 0 Å². The van der Waals surface area contributed by atoms with Gasteiger partial charge in [-0.15, -0.1) is 0 Å². The Labute approximate surface area is 121 Å². The number of phenolic OH excluding ortho intramolecular Hbond substituents is 1. The van der Waals surface area contributed by atoms with Crippen molar-refractivity contribution in [1.82, 2.24) is 0 Å². The molecule has 0 fully saturated rings. The summed E-state index contributed by atoms with van der Waals surface area (Å²) in [6.45, 7) is 0. The maximum atomic E-state index is 13.5. The van der Waals surface area contributed by atoms with Gasteiger partial charge in [-0.05, 0) is 52.9 Å². The molecule has 0 radical (unpaired) electrons. The molecule has 0 aromatic heterocycles. The van der Waals surface area contributed by atoms with Crippen molar-refractivity contribution in [2.45, 2.75) is 0 Å². The Morgan fingerprint density at radius 3 is 2.58 bits per heavy atom. The van der Waals surface area contributed by atoms with Gasteiger partial charge in [-0.1, -0.05) is 6.07 Å². The maximum Gasteiger partial charge on any atom is 0.262 e. The fraction of sp³-hybridized carbons (Fsp3) is 0. The summed E-state index contributed by atoms with van der Waals surface area (Å²) >= 11 is 1.85. The fourth-order valence-electron chi connectivity index (χ4n) is 1.51. The third-order valence-electron chi connectivity index (χ3n) is 2.40. The summed E-state index contributed by atoms with van der Waals surface area (Å²) in [7, 11) is 0. The number of nitrogens with one attached hydrogen (secondary N) is 1. The first-order chi connectivity index (χ1) is 8.99. The van der Waals surface area contributed by atoms with Crippen LogP contribution >= 0.6 is 22.6 Å². The Morgan fingerprint density at radius 1 is 1.21 bits per heavy atom. The second-order valence-electron chi connectivity index (χ2n) is 3.71. The van der Waals surface area contributed by atoms with Crippen LogP contribution in [0.3, 0.4) is 0 Å². The van der Waals surface area contributed by atoms with Crippen molar-refractivity contribution in [1.29, 1.82) is 0 Å². The van der Waals surface area contributed by atoms with E-state index in [1.807, 2.05) is 22.6 Å². The van der Waals surface area contributed by atoms with Gasteiger partial charge in [-0.2, -0.15) is 0 Å². The lowest BCUT2D eigenvalue weighted by Gasteiger charge is -2.09. The molecule has 19 heavy (non-hydrogen) atoms. The third-order valence-corrected chi connectivity index (χ3v) is 3.29. The van der Waals surface area contributed by atoms with Gasteiger partial charge in [0.1, 0.15) is 22.9 Å². The largest absolute Gasteiger partial charge is 0.507 e. The van der Waals surface area contributed by atoms with Gasteiger partial charge in [0, 0.05) is 3.57 Å². The minimum Gasteiger partial charge on any atom is -0.507 e. The number of anilines is 1. The number of carbonyl (C=O) groups is 1. The van der Waals surface area contributed by atoms with Gasteiger partial charge >= 0.3 is 0 Å². The van der Waals surface area contributed by atoms with E-state index in [2.05, 4.69) is 5.32 Å². The summed E-state index contributed by atoms with van der Waals surface area (Å²) in [6, 6.07) is 7.37. The van der Waals surface area contributed by atoms with Crippen LogP contribution in [0.1, 0.15) is 10.4 Å². The Kier molecular flexibility index (Phi) is 3.98. The highest BCUT2D eigenvalue weighted by Gasteiger charge is 2.17. The minimum atomic E-state index is -0.824. The molecule has 0 unspecified atom stereocenters. The summed E-state index contributed by atoms with van der Waals surface area (Å²) in [5, 5.41) is 11.9. The fourth-order valence-corrected chi connectivity index (χ4v) is 2.13. The van der Waals surface area contributed by atoms with Crippen LogP contribution in [0.25, 0.3) is 0 Å². The number of aromatic hydroxyl groups is 1. The number of carbonyl (C=O) groups excluding carboxylic acids is 1. The Hall–Kier alpha value is -1.70. The number of benzene rings is 2. The van der Waals surface area contributed by atoms with Gasteiger partial charge in [0.15, 0.2) is 0 Å². The Bertz CT molecular complexity index is 626. The molecule has 0 aliphatic rings. The summed E-state index contributed by atoms with van der Waals surface area (Å²) in [4.78, 5) is 11.9. The predicted molar refractivity (Wildman–Crippen MR) is 75.1 cm³/mol. The highest BCUT2D eigenvalue weighted by Crippen LogP contribution is 2.24. The second kappa shape index (κ2) is 5.52. The normalized spacial score (nSPS) is 10.3. The lowest BCUT2D eigenvalue weighted by molar-refractivity contribution is 0.102. The summed E-state index contributed by atoms with van der Waals surface area (Å²) in [6.07, 6.45) is 0. The lowest BCUT2D eigenvalue weighted by atomic mass is 10.1. The van der Waals surface area contributed by atoms with E-state index in [1.165, 1.54) is 30.3 Å².